The van der Waals surface area contributed by atoms with Gasteiger partial charge in [-0.2, -0.15) is 0 Å². The zero-order valence-corrected chi connectivity index (χ0v) is 12.8. The maximum absolute atomic E-state index is 11.1. The highest BCUT2D eigenvalue weighted by Gasteiger charge is 2.17. The van der Waals surface area contributed by atoms with E-state index < -0.39 is 4.92 Å². The quantitative estimate of drug-likeness (QED) is 0.505. The molecule has 0 fully saturated rings. The molecule has 0 unspecified atom stereocenters. The van der Waals surface area contributed by atoms with Crippen LogP contribution in [0.4, 0.5) is 5.69 Å². The normalized spacial score (nSPS) is 10.4. The Hall–Kier alpha value is -3.35. The first-order valence-electron chi connectivity index (χ1n) is 7.13. The van der Waals surface area contributed by atoms with E-state index in [1.54, 1.807) is 12.1 Å². The average molecular weight is 326 g/mol. The van der Waals surface area contributed by atoms with E-state index in [1.165, 1.54) is 19.2 Å². The summed E-state index contributed by atoms with van der Waals surface area (Å²) in [7, 11) is 1.44. The fourth-order valence-electron chi connectivity index (χ4n) is 2.16. The van der Waals surface area contributed by atoms with Crippen LogP contribution in [0.2, 0.25) is 0 Å². The lowest BCUT2D eigenvalue weighted by molar-refractivity contribution is -0.386. The second-order valence-corrected chi connectivity index (χ2v) is 4.93. The summed E-state index contributed by atoms with van der Waals surface area (Å²) in [5, 5.41) is 15.0. The van der Waals surface area contributed by atoms with Gasteiger partial charge in [-0.05, 0) is 12.1 Å². The third-order valence-electron chi connectivity index (χ3n) is 3.36. The molecule has 24 heavy (non-hydrogen) atoms. The van der Waals surface area contributed by atoms with E-state index in [0.717, 1.165) is 5.56 Å². The number of nitro benzene ring substituents is 1. The largest absolute Gasteiger partial charge is 0.496 e. The number of hydrogen-bond acceptors (Lipinski definition) is 6. The molecule has 7 heteroatoms. The van der Waals surface area contributed by atoms with Gasteiger partial charge in [0.15, 0.2) is 11.5 Å². The first-order valence-corrected chi connectivity index (χ1v) is 7.13. The van der Waals surface area contributed by atoms with Gasteiger partial charge in [0.05, 0.1) is 18.1 Å². The van der Waals surface area contributed by atoms with E-state index >= 15 is 0 Å². The number of methoxy groups -OCH3 is 1. The van der Waals surface area contributed by atoms with Crippen molar-refractivity contribution in [1.29, 1.82) is 0 Å². The predicted molar refractivity (Wildman–Crippen MR) is 85.9 cm³/mol. The van der Waals surface area contributed by atoms with Gasteiger partial charge in [0.2, 0.25) is 0 Å². The van der Waals surface area contributed by atoms with Gasteiger partial charge in [0.1, 0.15) is 18.1 Å². The third-order valence-corrected chi connectivity index (χ3v) is 3.36. The fraction of sp³-hybridized carbons (Fsp3) is 0.118. The second kappa shape index (κ2) is 6.82. The van der Waals surface area contributed by atoms with E-state index in [2.05, 4.69) is 5.16 Å². The van der Waals surface area contributed by atoms with Crippen molar-refractivity contribution in [2.75, 3.05) is 7.11 Å². The molecule has 0 atom stereocenters. The van der Waals surface area contributed by atoms with Crippen molar-refractivity contribution in [3.05, 3.63) is 70.4 Å². The summed E-state index contributed by atoms with van der Waals surface area (Å²) in [6.07, 6.45) is 0. The summed E-state index contributed by atoms with van der Waals surface area (Å²) in [6.45, 7) is 0.0590. The minimum Gasteiger partial charge on any atom is -0.496 e. The lowest BCUT2D eigenvalue weighted by Gasteiger charge is -2.06. The first-order chi connectivity index (χ1) is 11.7. The molecule has 7 nitrogen and oxygen atoms in total. The highest BCUT2D eigenvalue weighted by molar-refractivity contribution is 5.57. The zero-order valence-electron chi connectivity index (χ0n) is 12.8. The third kappa shape index (κ3) is 3.35. The van der Waals surface area contributed by atoms with Gasteiger partial charge in [-0.1, -0.05) is 35.5 Å². The predicted octanol–water partition coefficient (Wildman–Crippen LogP) is 3.84. The molecule has 0 aliphatic rings. The summed E-state index contributed by atoms with van der Waals surface area (Å²) in [4.78, 5) is 10.6. The second-order valence-electron chi connectivity index (χ2n) is 4.93. The van der Waals surface area contributed by atoms with Crippen LogP contribution in [0.25, 0.3) is 11.3 Å². The number of rotatable bonds is 6. The van der Waals surface area contributed by atoms with Gasteiger partial charge < -0.3 is 14.0 Å². The SMILES string of the molecule is COc1ccc(OCc2cc(-c3ccccc3)on2)c([N+](=O)[O-])c1. The summed E-state index contributed by atoms with van der Waals surface area (Å²) in [5.41, 5.74) is 1.27. The van der Waals surface area contributed by atoms with Crippen molar-refractivity contribution < 1.29 is 18.9 Å². The lowest BCUT2D eigenvalue weighted by Crippen LogP contribution is -1.99. The molecule has 2 aromatic carbocycles. The summed E-state index contributed by atoms with van der Waals surface area (Å²) >= 11 is 0. The van der Waals surface area contributed by atoms with Crippen LogP contribution in [-0.2, 0) is 6.61 Å². The number of nitro groups is 1. The zero-order chi connectivity index (χ0) is 16.9. The van der Waals surface area contributed by atoms with E-state index in [-0.39, 0.29) is 18.0 Å². The van der Waals surface area contributed by atoms with Gasteiger partial charge >= 0.3 is 5.69 Å². The van der Waals surface area contributed by atoms with Crippen LogP contribution in [0.5, 0.6) is 11.5 Å². The highest BCUT2D eigenvalue weighted by atomic mass is 16.6. The van der Waals surface area contributed by atoms with Gasteiger partial charge in [-0.3, -0.25) is 10.1 Å². The van der Waals surface area contributed by atoms with Gasteiger partial charge in [-0.15, -0.1) is 0 Å². The molecular weight excluding hydrogens is 312 g/mol. The van der Waals surface area contributed by atoms with Crippen molar-refractivity contribution in [1.82, 2.24) is 5.16 Å². The molecule has 0 aliphatic carbocycles. The van der Waals surface area contributed by atoms with Crippen molar-refractivity contribution in [3.63, 3.8) is 0 Å². The Balaban J connectivity index is 1.75. The van der Waals surface area contributed by atoms with Gasteiger partial charge in [0.25, 0.3) is 0 Å². The van der Waals surface area contributed by atoms with Crippen LogP contribution in [0, 0.1) is 10.1 Å². The molecule has 0 spiro atoms. The fourth-order valence-corrected chi connectivity index (χ4v) is 2.16. The topological polar surface area (TPSA) is 87.6 Å². The first kappa shape index (κ1) is 15.5. The van der Waals surface area contributed by atoms with Crippen LogP contribution in [0.1, 0.15) is 5.69 Å². The molecule has 0 bridgehead atoms. The van der Waals surface area contributed by atoms with E-state index in [0.29, 0.717) is 17.2 Å². The van der Waals surface area contributed by atoms with E-state index in [1.807, 2.05) is 30.3 Å². The Morgan fingerprint density at radius 1 is 1.17 bits per heavy atom. The Bertz CT molecular complexity index is 845. The molecule has 0 N–H and O–H groups in total. The standard InChI is InChI=1S/C17H14N2O5/c1-22-14-7-8-16(15(10-14)19(20)21)23-11-13-9-17(24-18-13)12-5-3-2-4-6-12/h2-10H,11H2,1H3. The Kier molecular flexibility index (Phi) is 4.42. The molecule has 3 rings (SSSR count). The molecule has 0 radical (unpaired) electrons. The van der Waals surface area contributed by atoms with Crippen LogP contribution in [0.3, 0.4) is 0 Å². The number of benzene rings is 2. The van der Waals surface area contributed by atoms with Crippen LogP contribution < -0.4 is 9.47 Å². The molecular formula is C17H14N2O5. The minimum atomic E-state index is -0.518. The molecule has 3 aromatic rings. The molecule has 1 heterocycles. The van der Waals surface area contributed by atoms with Crippen molar-refractivity contribution in [2.24, 2.45) is 0 Å². The summed E-state index contributed by atoms with van der Waals surface area (Å²) in [5.74, 6) is 1.14. The minimum absolute atomic E-state index is 0.0590. The maximum Gasteiger partial charge on any atom is 0.314 e. The smallest absolute Gasteiger partial charge is 0.314 e. The van der Waals surface area contributed by atoms with Crippen molar-refractivity contribution >= 4 is 5.69 Å². The molecule has 1 aromatic heterocycles. The molecule has 0 aliphatic heterocycles. The number of hydrogen-bond donors (Lipinski definition) is 0. The summed E-state index contributed by atoms with van der Waals surface area (Å²) in [6, 6.07) is 15.7. The highest BCUT2D eigenvalue weighted by Crippen LogP contribution is 2.31. The Morgan fingerprint density at radius 3 is 2.67 bits per heavy atom. The Labute approximate surface area is 137 Å². The average Bonchev–Trinajstić information content (AvgIpc) is 3.09. The maximum atomic E-state index is 11.1. The molecule has 0 saturated heterocycles. The number of aromatic nitrogens is 1. The van der Waals surface area contributed by atoms with Crippen molar-refractivity contribution in [2.45, 2.75) is 6.61 Å². The van der Waals surface area contributed by atoms with Crippen LogP contribution in [0.15, 0.2) is 59.1 Å². The molecule has 0 amide bonds. The summed E-state index contributed by atoms with van der Waals surface area (Å²) < 4.78 is 15.8. The van der Waals surface area contributed by atoms with Crippen molar-refractivity contribution in [3.8, 4) is 22.8 Å². The Morgan fingerprint density at radius 2 is 1.96 bits per heavy atom. The number of ether oxygens (including phenoxy) is 2. The monoisotopic (exact) mass is 326 g/mol. The van der Waals surface area contributed by atoms with E-state index in [9.17, 15) is 10.1 Å². The lowest BCUT2D eigenvalue weighted by atomic mass is 10.2. The van der Waals surface area contributed by atoms with Gasteiger partial charge in [-0.25, -0.2) is 0 Å². The van der Waals surface area contributed by atoms with Crippen LogP contribution >= 0.6 is 0 Å². The van der Waals surface area contributed by atoms with Gasteiger partial charge in [0, 0.05) is 11.6 Å². The van der Waals surface area contributed by atoms with E-state index in [4.69, 9.17) is 14.0 Å². The number of nitrogens with zero attached hydrogens (tertiary/aromatic N) is 2. The molecule has 122 valence electrons. The van der Waals surface area contributed by atoms with Crippen LogP contribution in [-0.4, -0.2) is 17.2 Å². The molecule has 0 saturated carbocycles.